The molecule has 4 N–H and O–H groups in total. The summed E-state index contributed by atoms with van der Waals surface area (Å²) in [6.45, 7) is 6.57. The van der Waals surface area contributed by atoms with Crippen LogP contribution in [-0.4, -0.2) is 48.8 Å². The molecule has 1 aromatic carbocycles. The monoisotopic (exact) mass is 426 g/mol. The maximum Gasteiger partial charge on any atom is 0.254 e. The number of carbonyl (C=O) groups is 1. The first-order valence-corrected chi connectivity index (χ1v) is 10.2. The van der Waals surface area contributed by atoms with Gasteiger partial charge in [-0.05, 0) is 51.8 Å². The Bertz CT molecular complexity index is 740. The zero-order valence-corrected chi connectivity index (χ0v) is 17.9. The number of nitrogens with zero attached hydrogens (tertiary/aromatic N) is 1. The number of benzene rings is 1. The largest absolute Gasteiger partial charge is 0.490 e. The minimum Gasteiger partial charge on any atom is -0.490 e. The van der Waals surface area contributed by atoms with E-state index in [2.05, 4.69) is 10.2 Å². The van der Waals surface area contributed by atoms with Gasteiger partial charge < -0.3 is 26.1 Å². The number of piperidine rings is 1. The van der Waals surface area contributed by atoms with Crippen molar-refractivity contribution in [2.75, 3.05) is 26.2 Å². The van der Waals surface area contributed by atoms with Gasteiger partial charge in [0.1, 0.15) is 11.9 Å². The molecule has 1 amide bonds. The van der Waals surface area contributed by atoms with Gasteiger partial charge in [-0.2, -0.15) is 0 Å². The topological polar surface area (TPSA) is 91.4 Å². The molecular formula is C20H28Cl2N4O2. The van der Waals surface area contributed by atoms with Crippen molar-refractivity contribution in [1.82, 2.24) is 10.2 Å². The average molecular weight is 427 g/mol. The summed E-state index contributed by atoms with van der Waals surface area (Å²) in [6.07, 6.45) is 2.90. The lowest BCUT2D eigenvalue weighted by molar-refractivity contribution is -0.117. The highest BCUT2D eigenvalue weighted by Gasteiger charge is 2.20. The van der Waals surface area contributed by atoms with Crippen LogP contribution in [0.1, 0.15) is 33.1 Å². The van der Waals surface area contributed by atoms with E-state index in [0.29, 0.717) is 22.3 Å². The Morgan fingerprint density at radius 3 is 2.54 bits per heavy atom. The number of likely N-dealkylation sites (tertiary alicyclic amines) is 1. The fraction of sp³-hybridized carbons (Fsp3) is 0.500. The van der Waals surface area contributed by atoms with Gasteiger partial charge in [0, 0.05) is 37.1 Å². The summed E-state index contributed by atoms with van der Waals surface area (Å²) in [4.78, 5) is 14.5. The molecule has 1 aromatic rings. The second kappa shape index (κ2) is 10.7. The molecule has 0 atom stereocenters. The van der Waals surface area contributed by atoms with Crippen LogP contribution in [0.5, 0.6) is 5.75 Å². The molecule has 0 bridgehead atoms. The van der Waals surface area contributed by atoms with Crippen LogP contribution in [0.25, 0.3) is 0 Å². The zero-order valence-electron chi connectivity index (χ0n) is 16.4. The Hall–Kier alpha value is -1.76. The molecule has 8 heteroatoms. The Morgan fingerprint density at radius 1 is 1.29 bits per heavy atom. The average Bonchev–Trinajstić information content (AvgIpc) is 2.62. The Labute approximate surface area is 176 Å². The van der Waals surface area contributed by atoms with Gasteiger partial charge in [0.2, 0.25) is 0 Å². The van der Waals surface area contributed by atoms with Crippen LogP contribution >= 0.6 is 23.2 Å². The van der Waals surface area contributed by atoms with E-state index in [1.54, 1.807) is 26.0 Å². The third-order valence-electron chi connectivity index (χ3n) is 4.66. The third-order valence-corrected chi connectivity index (χ3v) is 5.40. The molecule has 6 nitrogen and oxygen atoms in total. The summed E-state index contributed by atoms with van der Waals surface area (Å²) in [5.41, 5.74) is 6.50. The number of hydrogen-bond donors (Lipinski definition) is 3. The van der Waals surface area contributed by atoms with Crippen molar-refractivity contribution in [3.05, 3.63) is 39.5 Å². The maximum atomic E-state index is 12.1. The number of carbonyl (C=O) groups excluding carboxylic acids is 1. The number of nitrogens with two attached hydrogens (primary N) is 1. The van der Waals surface area contributed by atoms with Gasteiger partial charge in [-0.3, -0.25) is 4.79 Å². The van der Waals surface area contributed by atoms with E-state index >= 15 is 0 Å². The SMILES string of the molecule is CC(=N)/C(C(=O)NCCCN1CCC(Oc2ccc(Cl)c(Cl)c2)CC1)=C(/C)N. The lowest BCUT2D eigenvalue weighted by atomic mass is 10.1. The van der Waals surface area contributed by atoms with Crippen LogP contribution in [-0.2, 0) is 4.79 Å². The molecule has 0 aliphatic carbocycles. The van der Waals surface area contributed by atoms with Crippen molar-refractivity contribution in [2.45, 2.75) is 39.2 Å². The van der Waals surface area contributed by atoms with Crippen LogP contribution in [0.3, 0.4) is 0 Å². The van der Waals surface area contributed by atoms with Crippen molar-refractivity contribution >= 4 is 34.8 Å². The van der Waals surface area contributed by atoms with Gasteiger partial charge in [-0.15, -0.1) is 0 Å². The number of hydrogen-bond acceptors (Lipinski definition) is 5. The summed E-state index contributed by atoms with van der Waals surface area (Å²) < 4.78 is 6.00. The summed E-state index contributed by atoms with van der Waals surface area (Å²) >= 11 is 12.0. The van der Waals surface area contributed by atoms with Gasteiger partial charge in [0.05, 0.1) is 15.6 Å². The summed E-state index contributed by atoms with van der Waals surface area (Å²) in [5, 5.41) is 11.5. The molecule has 1 aliphatic rings. The summed E-state index contributed by atoms with van der Waals surface area (Å²) in [5.74, 6) is 0.470. The third kappa shape index (κ3) is 6.69. The van der Waals surface area contributed by atoms with E-state index < -0.39 is 0 Å². The number of nitrogens with one attached hydrogen (secondary N) is 2. The molecule has 2 rings (SSSR count). The van der Waals surface area contributed by atoms with Gasteiger partial charge in [0.15, 0.2) is 0 Å². The summed E-state index contributed by atoms with van der Waals surface area (Å²) in [6, 6.07) is 5.33. The lowest BCUT2D eigenvalue weighted by Crippen LogP contribution is -2.39. The van der Waals surface area contributed by atoms with E-state index in [1.165, 1.54) is 0 Å². The van der Waals surface area contributed by atoms with Crippen LogP contribution in [0.4, 0.5) is 0 Å². The lowest BCUT2D eigenvalue weighted by Gasteiger charge is -2.32. The predicted octanol–water partition coefficient (Wildman–Crippen LogP) is 3.62. The first kappa shape index (κ1) is 22.5. The zero-order chi connectivity index (χ0) is 20.7. The molecule has 0 spiro atoms. The van der Waals surface area contributed by atoms with Crippen molar-refractivity contribution in [3.8, 4) is 5.75 Å². The number of allylic oxidation sites excluding steroid dienone is 1. The van der Waals surface area contributed by atoms with Crippen molar-refractivity contribution in [3.63, 3.8) is 0 Å². The second-order valence-corrected chi connectivity index (χ2v) is 7.84. The predicted molar refractivity (Wildman–Crippen MR) is 114 cm³/mol. The number of amides is 1. The maximum absolute atomic E-state index is 12.1. The van der Waals surface area contributed by atoms with Gasteiger partial charge in [-0.25, -0.2) is 0 Å². The van der Waals surface area contributed by atoms with Crippen LogP contribution in [0, 0.1) is 5.41 Å². The Balaban J connectivity index is 1.67. The summed E-state index contributed by atoms with van der Waals surface area (Å²) in [7, 11) is 0. The quantitative estimate of drug-likeness (QED) is 0.336. The molecule has 154 valence electrons. The van der Waals surface area contributed by atoms with Gasteiger partial charge >= 0.3 is 0 Å². The highest BCUT2D eigenvalue weighted by atomic mass is 35.5. The molecule has 0 aromatic heterocycles. The molecule has 0 radical (unpaired) electrons. The molecule has 0 saturated carbocycles. The normalized spacial score (nSPS) is 16.4. The highest BCUT2D eigenvalue weighted by Crippen LogP contribution is 2.28. The molecule has 1 heterocycles. The van der Waals surface area contributed by atoms with Gasteiger partial charge in [-0.1, -0.05) is 23.2 Å². The number of ether oxygens (including phenoxy) is 1. The molecule has 28 heavy (non-hydrogen) atoms. The van der Waals surface area contributed by atoms with Crippen LogP contribution < -0.4 is 15.8 Å². The van der Waals surface area contributed by atoms with E-state index in [1.807, 2.05) is 6.07 Å². The van der Waals surface area contributed by atoms with Crippen molar-refractivity contribution in [2.24, 2.45) is 5.73 Å². The Kier molecular flexibility index (Phi) is 8.60. The van der Waals surface area contributed by atoms with E-state index in [9.17, 15) is 4.79 Å². The minimum atomic E-state index is -0.277. The van der Waals surface area contributed by atoms with E-state index in [-0.39, 0.29) is 23.3 Å². The molecule has 0 unspecified atom stereocenters. The second-order valence-electron chi connectivity index (χ2n) is 7.03. The molecule has 1 saturated heterocycles. The standard InChI is InChI=1S/C20H28Cl2N4O2/c1-13(23)19(14(2)24)20(27)25-8-3-9-26-10-6-15(7-11-26)28-16-4-5-17(21)18(22)12-16/h4-5,12,15,23H,3,6-11,24H2,1-2H3,(H,25,27)/b19-14+,23-13?. The Morgan fingerprint density at radius 2 is 1.96 bits per heavy atom. The fourth-order valence-corrected chi connectivity index (χ4v) is 3.52. The number of rotatable bonds is 8. The van der Waals surface area contributed by atoms with Gasteiger partial charge in [0.25, 0.3) is 5.91 Å². The smallest absolute Gasteiger partial charge is 0.254 e. The number of halogens is 2. The molecular weight excluding hydrogens is 399 g/mol. The minimum absolute atomic E-state index is 0.170. The fourth-order valence-electron chi connectivity index (χ4n) is 3.23. The van der Waals surface area contributed by atoms with Crippen LogP contribution in [0.15, 0.2) is 29.5 Å². The van der Waals surface area contributed by atoms with Crippen molar-refractivity contribution in [1.29, 1.82) is 5.41 Å². The van der Waals surface area contributed by atoms with E-state index in [0.717, 1.165) is 44.6 Å². The first-order valence-electron chi connectivity index (χ1n) is 9.42. The highest BCUT2D eigenvalue weighted by molar-refractivity contribution is 6.42. The van der Waals surface area contributed by atoms with Crippen molar-refractivity contribution < 1.29 is 9.53 Å². The first-order chi connectivity index (χ1) is 13.3. The molecule has 1 aliphatic heterocycles. The van der Waals surface area contributed by atoms with Crippen LogP contribution in [0.2, 0.25) is 10.0 Å². The van der Waals surface area contributed by atoms with E-state index in [4.69, 9.17) is 39.1 Å². The molecule has 1 fully saturated rings.